The van der Waals surface area contributed by atoms with Crippen LogP contribution in [0.5, 0.6) is 0 Å². The highest BCUT2D eigenvalue weighted by Gasteiger charge is 2.33. The highest BCUT2D eigenvalue weighted by Crippen LogP contribution is 2.11. The Hall–Kier alpha value is -6.13. The lowest BCUT2D eigenvalue weighted by molar-refractivity contribution is -0.135. The van der Waals surface area contributed by atoms with E-state index in [-0.39, 0.29) is 43.9 Å². The normalized spacial score (nSPS) is 14.4. The highest BCUT2D eigenvalue weighted by molar-refractivity contribution is 5.99. The molecule has 0 spiro atoms. The SMILES string of the molecule is CCC(C)C(NC(C)=O)C(=O)NC(Cc1cnc[nH]1)C(=O)NC(CC(N)=O)C(=O)N[CH]C(=O)NC(CCC(N)=O)C(=O)NC(CCCCN)C(=O)NC(CC(C)C)C(N)=O. The molecule has 0 bridgehead atoms. The van der Waals surface area contributed by atoms with Crippen LogP contribution in [0, 0.1) is 18.4 Å². The van der Waals surface area contributed by atoms with Crippen molar-refractivity contribution in [1.82, 2.24) is 47.2 Å². The Kier molecular flexibility index (Phi) is 23.2. The van der Waals surface area contributed by atoms with E-state index in [1.807, 2.05) is 20.8 Å². The number of aromatic amines is 1. The first-order chi connectivity index (χ1) is 28.2. The lowest BCUT2D eigenvalue weighted by Crippen LogP contribution is -2.59. The molecule has 1 radical (unpaired) electrons. The van der Waals surface area contributed by atoms with Crippen LogP contribution in [0.25, 0.3) is 0 Å². The number of hydrogen-bond donors (Lipinski definition) is 12. The van der Waals surface area contributed by atoms with Gasteiger partial charge in [-0.3, -0.25) is 47.9 Å². The zero-order chi connectivity index (χ0) is 45.5. The average Bonchev–Trinajstić information content (AvgIpc) is 3.68. The maximum Gasteiger partial charge on any atom is 0.245 e. The summed E-state index contributed by atoms with van der Waals surface area (Å²) in [5.41, 5.74) is 22.1. The maximum absolute atomic E-state index is 13.6. The largest absolute Gasteiger partial charge is 0.370 e. The molecule has 335 valence electrons. The van der Waals surface area contributed by atoms with E-state index >= 15 is 0 Å². The molecule has 1 aromatic heterocycles. The monoisotopic (exact) mass is 848 g/mol. The highest BCUT2D eigenvalue weighted by atomic mass is 16.2. The third-order valence-corrected chi connectivity index (χ3v) is 9.11. The Morgan fingerprint density at radius 1 is 0.717 bits per heavy atom. The van der Waals surface area contributed by atoms with Gasteiger partial charge in [0, 0.05) is 31.7 Å². The van der Waals surface area contributed by atoms with E-state index in [1.54, 1.807) is 6.92 Å². The summed E-state index contributed by atoms with van der Waals surface area (Å²) in [4.78, 5) is 134. The van der Waals surface area contributed by atoms with Gasteiger partial charge in [-0.25, -0.2) is 4.98 Å². The third-order valence-electron chi connectivity index (χ3n) is 9.11. The molecule has 10 amide bonds. The first-order valence-corrected chi connectivity index (χ1v) is 19.6. The van der Waals surface area contributed by atoms with Gasteiger partial charge in [0.15, 0.2) is 0 Å². The van der Waals surface area contributed by atoms with Crippen molar-refractivity contribution in [3.63, 3.8) is 0 Å². The molecule has 0 saturated heterocycles. The van der Waals surface area contributed by atoms with Gasteiger partial charge < -0.3 is 65.1 Å². The molecule has 0 aromatic carbocycles. The molecule has 16 N–H and O–H groups in total. The molecule has 7 atom stereocenters. The van der Waals surface area contributed by atoms with E-state index in [0.29, 0.717) is 38.0 Å². The Labute approximate surface area is 348 Å². The fraction of sp³-hybridized carbons (Fsp3) is 0.622. The second kappa shape index (κ2) is 26.8. The lowest BCUT2D eigenvalue weighted by Gasteiger charge is -2.27. The lowest BCUT2D eigenvalue weighted by atomic mass is 9.97. The minimum Gasteiger partial charge on any atom is -0.370 e. The van der Waals surface area contributed by atoms with Crippen LogP contribution in [-0.2, 0) is 54.4 Å². The summed E-state index contributed by atoms with van der Waals surface area (Å²) < 4.78 is 0. The first kappa shape index (κ1) is 51.9. The molecule has 1 heterocycles. The Balaban J connectivity index is 3.20. The summed E-state index contributed by atoms with van der Waals surface area (Å²) in [6.07, 6.45) is 2.85. The van der Waals surface area contributed by atoms with Crippen molar-refractivity contribution in [3.8, 4) is 0 Å². The van der Waals surface area contributed by atoms with E-state index in [4.69, 9.17) is 22.9 Å². The number of rotatable bonds is 29. The van der Waals surface area contributed by atoms with Gasteiger partial charge in [0.25, 0.3) is 0 Å². The minimum atomic E-state index is -1.68. The van der Waals surface area contributed by atoms with Crippen LogP contribution < -0.4 is 60.2 Å². The van der Waals surface area contributed by atoms with E-state index in [1.165, 1.54) is 19.4 Å². The smallest absolute Gasteiger partial charge is 0.245 e. The van der Waals surface area contributed by atoms with Gasteiger partial charge in [0.05, 0.1) is 12.7 Å². The molecule has 0 aliphatic carbocycles. The van der Waals surface area contributed by atoms with Crippen LogP contribution in [0.4, 0.5) is 0 Å². The molecule has 1 rings (SSSR count). The van der Waals surface area contributed by atoms with Gasteiger partial charge in [-0.1, -0.05) is 34.1 Å². The van der Waals surface area contributed by atoms with Crippen LogP contribution in [0.1, 0.15) is 91.7 Å². The molecular formula is C37H62N13O10. The standard InChI is InChI=1S/C37H62N13O10/c1-6-20(4)31(45-21(5)51)37(60)50-26(14-22-16-42-18-44-22)36(59)49-27(15-29(40)53)33(56)43-17-30(54)46-24(10-11-28(39)52)35(58)47-23(9-7-8-12-38)34(57)48-25(32(41)55)13-19(2)3/h16-20,23-27,31H,6-15,38H2,1-5H3,(H2,39,52)(H2,40,53)(H2,41,55)(H,42,44)(H,43,56)(H,45,51)(H,46,54)(H,47,58)(H,48,57)(H,49,59)(H,50,60). The van der Waals surface area contributed by atoms with Crippen molar-refractivity contribution in [1.29, 1.82) is 0 Å². The predicted octanol–water partition coefficient (Wildman–Crippen LogP) is -3.99. The molecule has 23 nitrogen and oxygen atoms in total. The number of hydrogen-bond acceptors (Lipinski definition) is 12. The van der Waals surface area contributed by atoms with Crippen molar-refractivity contribution >= 4 is 59.1 Å². The molecule has 1 aromatic rings. The van der Waals surface area contributed by atoms with Gasteiger partial charge in [0.2, 0.25) is 59.1 Å². The van der Waals surface area contributed by atoms with Gasteiger partial charge in [-0.15, -0.1) is 0 Å². The first-order valence-electron chi connectivity index (χ1n) is 19.6. The zero-order valence-corrected chi connectivity index (χ0v) is 34.8. The van der Waals surface area contributed by atoms with Crippen LogP contribution in [0.15, 0.2) is 12.5 Å². The summed E-state index contributed by atoms with van der Waals surface area (Å²) in [7, 11) is 0. The van der Waals surface area contributed by atoms with Gasteiger partial charge in [0.1, 0.15) is 42.8 Å². The molecule has 0 fully saturated rings. The number of H-pyrrole nitrogens is 1. The van der Waals surface area contributed by atoms with E-state index in [2.05, 4.69) is 47.2 Å². The number of nitrogens with two attached hydrogens (primary N) is 4. The number of aromatic nitrogens is 2. The van der Waals surface area contributed by atoms with Gasteiger partial charge >= 0.3 is 0 Å². The van der Waals surface area contributed by atoms with Crippen molar-refractivity contribution in [2.45, 2.75) is 129 Å². The van der Waals surface area contributed by atoms with Crippen LogP contribution >= 0.6 is 0 Å². The van der Waals surface area contributed by atoms with Crippen molar-refractivity contribution in [3.05, 3.63) is 24.8 Å². The summed E-state index contributed by atoms with van der Waals surface area (Å²) in [5, 5.41) is 17.0. The minimum absolute atomic E-state index is 0.0118. The molecule has 0 aliphatic heterocycles. The summed E-state index contributed by atoms with van der Waals surface area (Å²) >= 11 is 0. The van der Waals surface area contributed by atoms with Crippen molar-refractivity contribution in [2.24, 2.45) is 34.8 Å². The Morgan fingerprint density at radius 2 is 1.30 bits per heavy atom. The second-order valence-electron chi connectivity index (χ2n) is 14.8. The van der Waals surface area contributed by atoms with Gasteiger partial charge in [-0.2, -0.15) is 0 Å². The van der Waals surface area contributed by atoms with Crippen LogP contribution in [0.2, 0.25) is 0 Å². The van der Waals surface area contributed by atoms with E-state index in [0.717, 1.165) is 0 Å². The molecule has 0 saturated carbocycles. The zero-order valence-electron chi connectivity index (χ0n) is 34.8. The number of carbonyl (C=O) groups is 10. The van der Waals surface area contributed by atoms with Crippen LogP contribution in [0.3, 0.4) is 0 Å². The summed E-state index contributed by atoms with van der Waals surface area (Å²) in [6.45, 7) is 9.31. The Bertz CT molecular complexity index is 1640. The fourth-order valence-electron chi connectivity index (χ4n) is 5.72. The number of imidazole rings is 1. The predicted molar refractivity (Wildman–Crippen MR) is 215 cm³/mol. The number of primary amides is 3. The quantitative estimate of drug-likeness (QED) is 0.0344. The maximum atomic E-state index is 13.6. The molecular weight excluding hydrogens is 786 g/mol. The van der Waals surface area contributed by atoms with Gasteiger partial charge in [-0.05, 0) is 50.5 Å². The summed E-state index contributed by atoms with van der Waals surface area (Å²) in [5.74, 6) is -8.87. The third kappa shape index (κ3) is 20.0. The van der Waals surface area contributed by atoms with Crippen molar-refractivity contribution < 1.29 is 47.9 Å². The molecule has 23 heteroatoms. The number of nitrogens with zero attached hydrogens (tertiary/aromatic N) is 1. The number of carbonyl (C=O) groups excluding carboxylic acids is 10. The second-order valence-corrected chi connectivity index (χ2v) is 14.8. The summed E-state index contributed by atoms with van der Waals surface area (Å²) in [6, 6.07) is -7.77. The van der Waals surface area contributed by atoms with Crippen molar-refractivity contribution in [2.75, 3.05) is 6.54 Å². The Morgan fingerprint density at radius 3 is 1.82 bits per heavy atom. The fourth-order valence-corrected chi connectivity index (χ4v) is 5.72. The molecule has 60 heavy (non-hydrogen) atoms. The average molecular weight is 849 g/mol. The topological polar surface area (TPSA) is 388 Å². The number of amides is 10. The van der Waals surface area contributed by atoms with E-state index < -0.39 is 102 Å². The van der Waals surface area contributed by atoms with E-state index in [9.17, 15) is 47.9 Å². The number of nitrogens with one attached hydrogen (secondary N) is 8. The molecule has 0 aliphatic rings. The molecule has 7 unspecified atom stereocenters. The van der Waals surface area contributed by atoms with Crippen LogP contribution in [-0.4, -0.2) is 112 Å². The number of unbranched alkanes of at least 4 members (excludes halogenated alkanes) is 1.